The van der Waals surface area contributed by atoms with Crippen LogP contribution in [0.3, 0.4) is 0 Å². The fourth-order valence-electron chi connectivity index (χ4n) is 2.83. The number of rotatable bonds is 2. The normalized spacial score (nSPS) is 28.3. The molecule has 0 aromatic rings. The van der Waals surface area contributed by atoms with E-state index in [0.717, 1.165) is 19.0 Å². The minimum absolute atomic E-state index is 0.251. The van der Waals surface area contributed by atoms with Crippen LogP contribution in [0.5, 0.6) is 0 Å². The molecular formula is C12H22N2O. The van der Waals surface area contributed by atoms with Crippen LogP contribution in [0.15, 0.2) is 0 Å². The molecule has 2 heterocycles. The van der Waals surface area contributed by atoms with Crippen molar-refractivity contribution in [3.8, 4) is 0 Å². The number of piperidine rings is 1. The van der Waals surface area contributed by atoms with Crippen LogP contribution < -0.4 is 0 Å². The van der Waals surface area contributed by atoms with Gasteiger partial charge in [-0.2, -0.15) is 0 Å². The molecule has 0 spiro atoms. The third kappa shape index (κ3) is 2.94. The molecule has 15 heavy (non-hydrogen) atoms. The molecule has 2 saturated heterocycles. The Labute approximate surface area is 92.4 Å². The molecule has 2 aliphatic heterocycles. The molecule has 0 aromatic carbocycles. The lowest BCUT2D eigenvalue weighted by atomic mass is 9.97. The van der Waals surface area contributed by atoms with Crippen LogP contribution in [-0.2, 0) is 4.79 Å². The third-order valence-corrected chi connectivity index (χ3v) is 3.68. The molecule has 2 rings (SSSR count). The minimum Gasteiger partial charge on any atom is -0.343 e. The maximum absolute atomic E-state index is 11.3. The van der Waals surface area contributed by atoms with Gasteiger partial charge >= 0.3 is 0 Å². The maximum Gasteiger partial charge on any atom is 0.219 e. The molecule has 0 N–H and O–H groups in total. The van der Waals surface area contributed by atoms with Crippen molar-refractivity contribution >= 4 is 5.91 Å². The fraction of sp³-hybridized carbons (Fsp3) is 0.917. The number of likely N-dealkylation sites (tertiary alicyclic amines) is 2. The lowest BCUT2D eigenvalue weighted by Crippen LogP contribution is -2.42. The van der Waals surface area contributed by atoms with Crippen molar-refractivity contribution < 1.29 is 4.79 Å². The molecule has 3 heteroatoms. The highest BCUT2D eigenvalue weighted by Crippen LogP contribution is 2.19. The van der Waals surface area contributed by atoms with E-state index in [9.17, 15) is 4.79 Å². The van der Waals surface area contributed by atoms with Gasteiger partial charge in [-0.15, -0.1) is 0 Å². The Morgan fingerprint density at radius 3 is 2.60 bits per heavy atom. The van der Waals surface area contributed by atoms with E-state index in [1.807, 2.05) is 4.90 Å². The van der Waals surface area contributed by atoms with Gasteiger partial charge < -0.3 is 9.80 Å². The lowest BCUT2D eigenvalue weighted by molar-refractivity contribution is -0.130. The molecule has 1 amide bonds. The summed E-state index contributed by atoms with van der Waals surface area (Å²) in [4.78, 5) is 15.9. The third-order valence-electron chi connectivity index (χ3n) is 3.68. The van der Waals surface area contributed by atoms with Gasteiger partial charge in [-0.3, -0.25) is 4.79 Å². The lowest BCUT2D eigenvalue weighted by Gasteiger charge is -2.34. The van der Waals surface area contributed by atoms with E-state index < -0.39 is 0 Å². The first-order valence-electron chi connectivity index (χ1n) is 6.23. The highest BCUT2D eigenvalue weighted by molar-refractivity contribution is 5.73. The van der Waals surface area contributed by atoms with Crippen LogP contribution in [0, 0.1) is 5.92 Å². The highest BCUT2D eigenvalue weighted by atomic mass is 16.2. The van der Waals surface area contributed by atoms with Crippen LogP contribution in [0.1, 0.15) is 32.6 Å². The zero-order valence-corrected chi connectivity index (χ0v) is 9.74. The summed E-state index contributed by atoms with van der Waals surface area (Å²) < 4.78 is 0. The minimum atomic E-state index is 0.251. The van der Waals surface area contributed by atoms with Gasteiger partial charge in [0.2, 0.25) is 5.91 Å². The quantitative estimate of drug-likeness (QED) is 0.686. The molecule has 0 saturated carbocycles. The topological polar surface area (TPSA) is 23.6 Å². The zero-order chi connectivity index (χ0) is 10.7. The van der Waals surface area contributed by atoms with Gasteiger partial charge in [0.25, 0.3) is 0 Å². The second-order valence-electron chi connectivity index (χ2n) is 4.98. The van der Waals surface area contributed by atoms with E-state index in [-0.39, 0.29) is 5.91 Å². The van der Waals surface area contributed by atoms with Crippen LogP contribution in [0.4, 0.5) is 0 Å². The van der Waals surface area contributed by atoms with Gasteiger partial charge in [-0.1, -0.05) is 0 Å². The molecule has 0 aromatic heterocycles. The van der Waals surface area contributed by atoms with Crippen LogP contribution in [-0.4, -0.2) is 48.4 Å². The van der Waals surface area contributed by atoms with Crippen molar-refractivity contribution in [2.45, 2.75) is 32.6 Å². The van der Waals surface area contributed by atoms with Crippen LogP contribution in [0.25, 0.3) is 0 Å². The maximum atomic E-state index is 11.3. The van der Waals surface area contributed by atoms with E-state index >= 15 is 0 Å². The monoisotopic (exact) mass is 210 g/mol. The number of hydrogen-bond acceptors (Lipinski definition) is 2. The molecule has 1 unspecified atom stereocenters. The first-order chi connectivity index (χ1) is 7.25. The van der Waals surface area contributed by atoms with Crippen molar-refractivity contribution in [3.63, 3.8) is 0 Å². The molecule has 3 nitrogen and oxygen atoms in total. The number of nitrogens with zero attached hydrogens (tertiary/aromatic N) is 2. The summed E-state index contributed by atoms with van der Waals surface area (Å²) in [5.74, 6) is 0.974. The summed E-state index contributed by atoms with van der Waals surface area (Å²) in [5, 5.41) is 0. The fourth-order valence-corrected chi connectivity index (χ4v) is 2.83. The van der Waals surface area contributed by atoms with Gasteiger partial charge in [-0.05, 0) is 44.7 Å². The first kappa shape index (κ1) is 10.9. The van der Waals surface area contributed by atoms with Crippen molar-refractivity contribution in [3.05, 3.63) is 0 Å². The Morgan fingerprint density at radius 2 is 1.93 bits per heavy atom. The van der Waals surface area contributed by atoms with Crippen molar-refractivity contribution in [1.29, 1.82) is 0 Å². The van der Waals surface area contributed by atoms with Crippen LogP contribution in [0.2, 0.25) is 0 Å². The predicted molar refractivity (Wildman–Crippen MR) is 60.7 cm³/mol. The molecule has 0 aliphatic carbocycles. The zero-order valence-electron chi connectivity index (χ0n) is 9.74. The van der Waals surface area contributed by atoms with Gasteiger partial charge in [-0.25, -0.2) is 0 Å². The predicted octanol–water partition coefficient (Wildman–Crippen LogP) is 1.34. The van der Waals surface area contributed by atoms with Gasteiger partial charge in [0, 0.05) is 26.6 Å². The van der Waals surface area contributed by atoms with Crippen molar-refractivity contribution in [2.75, 3.05) is 32.7 Å². The Hall–Kier alpha value is -0.570. The number of hydrogen-bond donors (Lipinski definition) is 0. The molecule has 2 fully saturated rings. The summed E-state index contributed by atoms with van der Waals surface area (Å²) in [7, 11) is 0. The Balaban J connectivity index is 1.79. The molecule has 86 valence electrons. The molecule has 1 atom stereocenters. The number of carbonyl (C=O) groups is 1. The van der Waals surface area contributed by atoms with E-state index in [0.29, 0.717) is 0 Å². The summed E-state index contributed by atoms with van der Waals surface area (Å²) in [6, 6.07) is 0. The van der Waals surface area contributed by atoms with E-state index in [4.69, 9.17) is 0 Å². The second-order valence-corrected chi connectivity index (χ2v) is 4.98. The molecule has 0 bridgehead atoms. The Morgan fingerprint density at radius 1 is 1.20 bits per heavy atom. The van der Waals surface area contributed by atoms with Crippen molar-refractivity contribution in [1.82, 2.24) is 9.80 Å². The Kier molecular flexibility index (Phi) is 3.62. The first-order valence-corrected chi connectivity index (χ1v) is 6.23. The van der Waals surface area contributed by atoms with Gasteiger partial charge in [0.15, 0.2) is 0 Å². The SMILES string of the molecule is CC(=O)N1CCCC(CN2CCCC2)C1. The molecule has 0 radical (unpaired) electrons. The Bertz CT molecular complexity index is 224. The standard InChI is InChI=1S/C12H22N2O/c1-11(15)14-8-4-5-12(10-14)9-13-6-2-3-7-13/h12H,2-10H2,1H3. The van der Waals surface area contributed by atoms with Crippen molar-refractivity contribution in [2.24, 2.45) is 5.92 Å². The van der Waals surface area contributed by atoms with Crippen LogP contribution >= 0.6 is 0 Å². The van der Waals surface area contributed by atoms with Gasteiger partial charge in [0.1, 0.15) is 0 Å². The second kappa shape index (κ2) is 4.97. The summed E-state index contributed by atoms with van der Waals surface area (Å²) >= 11 is 0. The average Bonchev–Trinajstić information content (AvgIpc) is 2.71. The molecular weight excluding hydrogens is 188 g/mol. The number of amides is 1. The van der Waals surface area contributed by atoms with E-state index in [1.165, 1.54) is 45.3 Å². The number of carbonyl (C=O) groups excluding carboxylic acids is 1. The van der Waals surface area contributed by atoms with E-state index in [2.05, 4.69) is 4.90 Å². The smallest absolute Gasteiger partial charge is 0.219 e. The largest absolute Gasteiger partial charge is 0.343 e. The summed E-state index contributed by atoms with van der Waals surface area (Å²) in [6.07, 6.45) is 5.23. The summed E-state index contributed by atoms with van der Waals surface area (Å²) in [5.41, 5.74) is 0. The molecule has 2 aliphatic rings. The van der Waals surface area contributed by atoms with Gasteiger partial charge in [0.05, 0.1) is 0 Å². The average molecular weight is 210 g/mol. The highest BCUT2D eigenvalue weighted by Gasteiger charge is 2.24. The van der Waals surface area contributed by atoms with E-state index in [1.54, 1.807) is 6.92 Å². The summed E-state index contributed by atoms with van der Waals surface area (Å²) in [6.45, 7) is 7.42.